The lowest BCUT2D eigenvalue weighted by atomic mass is 10.1. The molecule has 2 rings (SSSR count). The Balaban J connectivity index is 2.08. The van der Waals surface area contributed by atoms with E-state index in [1.165, 1.54) is 4.90 Å². The number of benzene rings is 1. The molecule has 0 saturated heterocycles. The average Bonchev–Trinajstić information content (AvgIpc) is 3.26. The first-order valence-corrected chi connectivity index (χ1v) is 6.67. The number of hydrogen-bond acceptors (Lipinski definition) is 4. The third kappa shape index (κ3) is 3.09. The summed E-state index contributed by atoms with van der Waals surface area (Å²) in [6.07, 6.45) is 0.424. The van der Waals surface area contributed by atoms with Gasteiger partial charge in [0.2, 0.25) is 5.91 Å². The Hall–Kier alpha value is -2.24. The average molecular weight is 293 g/mol. The Morgan fingerprint density at radius 3 is 2.52 bits per heavy atom. The molecule has 1 aliphatic rings. The smallest absolute Gasteiger partial charge is 0.307 e. The Kier molecular flexibility index (Phi) is 4.35. The highest BCUT2D eigenvalue weighted by Gasteiger charge is 2.49. The molecule has 2 atom stereocenters. The molecular formula is C15H19NO5. The summed E-state index contributed by atoms with van der Waals surface area (Å²) in [4.78, 5) is 24.5. The fraction of sp³-hybridized carbons (Fsp3) is 0.467. The summed E-state index contributed by atoms with van der Waals surface area (Å²) >= 11 is 0. The summed E-state index contributed by atoms with van der Waals surface area (Å²) in [5, 5.41) is 8.89. The molecule has 1 saturated carbocycles. The van der Waals surface area contributed by atoms with E-state index < -0.39 is 17.8 Å². The lowest BCUT2D eigenvalue weighted by molar-refractivity contribution is -0.141. The molecule has 0 spiro atoms. The van der Waals surface area contributed by atoms with E-state index in [0.717, 1.165) is 5.56 Å². The molecule has 0 bridgehead atoms. The number of hydrogen-bond donors (Lipinski definition) is 1. The maximum absolute atomic E-state index is 12.2. The van der Waals surface area contributed by atoms with E-state index in [4.69, 9.17) is 14.6 Å². The number of ether oxygens (including phenoxy) is 2. The fourth-order valence-corrected chi connectivity index (χ4v) is 2.44. The zero-order chi connectivity index (χ0) is 15.6. The van der Waals surface area contributed by atoms with Crippen molar-refractivity contribution in [2.24, 2.45) is 11.8 Å². The van der Waals surface area contributed by atoms with E-state index in [9.17, 15) is 9.59 Å². The number of carbonyl (C=O) groups excluding carboxylic acids is 1. The van der Waals surface area contributed by atoms with Crippen LogP contribution in [0, 0.1) is 11.8 Å². The molecule has 0 radical (unpaired) electrons. The van der Waals surface area contributed by atoms with E-state index in [1.807, 2.05) is 12.1 Å². The molecule has 1 aromatic rings. The molecule has 6 nitrogen and oxygen atoms in total. The highest BCUT2D eigenvalue weighted by molar-refractivity contribution is 5.89. The Labute approximate surface area is 123 Å². The van der Waals surface area contributed by atoms with Gasteiger partial charge in [-0.25, -0.2) is 0 Å². The maximum Gasteiger partial charge on any atom is 0.307 e. The molecule has 0 aliphatic heterocycles. The van der Waals surface area contributed by atoms with Crippen LogP contribution in [0.1, 0.15) is 12.0 Å². The lowest BCUT2D eigenvalue weighted by Crippen LogP contribution is -2.29. The van der Waals surface area contributed by atoms with Crippen LogP contribution < -0.4 is 9.47 Å². The number of para-hydroxylation sites is 1. The molecule has 21 heavy (non-hydrogen) atoms. The zero-order valence-corrected chi connectivity index (χ0v) is 12.3. The van der Waals surface area contributed by atoms with Gasteiger partial charge in [0.25, 0.3) is 0 Å². The second kappa shape index (κ2) is 6.03. The highest BCUT2D eigenvalue weighted by Crippen LogP contribution is 2.40. The van der Waals surface area contributed by atoms with Gasteiger partial charge in [0, 0.05) is 19.2 Å². The Morgan fingerprint density at radius 1 is 1.29 bits per heavy atom. The number of amides is 1. The van der Waals surface area contributed by atoms with Crippen molar-refractivity contribution >= 4 is 11.9 Å². The largest absolute Gasteiger partial charge is 0.493 e. The van der Waals surface area contributed by atoms with Gasteiger partial charge in [-0.15, -0.1) is 0 Å². The van der Waals surface area contributed by atoms with Crippen LogP contribution in [0.4, 0.5) is 0 Å². The van der Waals surface area contributed by atoms with Crippen LogP contribution in [0.3, 0.4) is 0 Å². The van der Waals surface area contributed by atoms with Crippen molar-refractivity contribution in [1.29, 1.82) is 0 Å². The highest BCUT2D eigenvalue weighted by atomic mass is 16.5. The van der Waals surface area contributed by atoms with Crippen LogP contribution in [-0.2, 0) is 16.1 Å². The third-order valence-corrected chi connectivity index (χ3v) is 3.69. The molecule has 1 aromatic carbocycles. The van der Waals surface area contributed by atoms with Crippen LogP contribution >= 0.6 is 0 Å². The van der Waals surface area contributed by atoms with Crippen LogP contribution in [-0.4, -0.2) is 43.2 Å². The minimum absolute atomic E-state index is 0.146. The van der Waals surface area contributed by atoms with E-state index in [1.54, 1.807) is 27.3 Å². The second-order valence-electron chi connectivity index (χ2n) is 5.13. The van der Waals surface area contributed by atoms with Gasteiger partial charge in [0.15, 0.2) is 11.5 Å². The van der Waals surface area contributed by atoms with Crippen molar-refractivity contribution in [2.75, 3.05) is 21.3 Å². The van der Waals surface area contributed by atoms with Gasteiger partial charge in [-0.05, 0) is 12.5 Å². The minimum Gasteiger partial charge on any atom is -0.493 e. The van der Waals surface area contributed by atoms with Crippen molar-refractivity contribution in [2.45, 2.75) is 13.0 Å². The van der Waals surface area contributed by atoms with Gasteiger partial charge in [-0.3, -0.25) is 9.59 Å². The molecule has 1 amide bonds. The summed E-state index contributed by atoms with van der Waals surface area (Å²) in [5.41, 5.74) is 0.820. The molecule has 1 N–H and O–H groups in total. The topological polar surface area (TPSA) is 76.1 Å². The van der Waals surface area contributed by atoms with Crippen molar-refractivity contribution in [3.05, 3.63) is 23.8 Å². The van der Waals surface area contributed by atoms with Gasteiger partial charge in [-0.1, -0.05) is 12.1 Å². The summed E-state index contributed by atoms with van der Waals surface area (Å²) in [6, 6.07) is 5.46. The first-order chi connectivity index (χ1) is 9.99. The molecule has 2 unspecified atom stereocenters. The number of carboxylic acid groups (broad SMARTS) is 1. The Bertz CT molecular complexity index is 557. The first kappa shape index (κ1) is 15.2. The summed E-state index contributed by atoms with van der Waals surface area (Å²) in [7, 11) is 4.77. The number of rotatable bonds is 6. The van der Waals surface area contributed by atoms with E-state index in [-0.39, 0.29) is 5.91 Å². The van der Waals surface area contributed by atoms with Crippen LogP contribution in [0.2, 0.25) is 0 Å². The predicted octanol–water partition coefficient (Wildman–Crippen LogP) is 1.38. The number of methoxy groups -OCH3 is 2. The normalized spacial score (nSPS) is 19.8. The predicted molar refractivity (Wildman–Crippen MR) is 75.3 cm³/mol. The van der Waals surface area contributed by atoms with E-state index in [2.05, 4.69) is 0 Å². The van der Waals surface area contributed by atoms with Gasteiger partial charge in [0.05, 0.1) is 26.1 Å². The van der Waals surface area contributed by atoms with Crippen molar-refractivity contribution in [3.63, 3.8) is 0 Å². The molecule has 6 heteroatoms. The summed E-state index contributed by atoms with van der Waals surface area (Å²) in [6.45, 7) is 0.349. The van der Waals surface area contributed by atoms with Gasteiger partial charge >= 0.3 is 5.97 Å². The van der Waals surface area contributed by atoms with Gasteiger partial charge in [0.1, 0.15) is 0 Å². The molecule has 114 valence electrons. The molecule has 0 heterocycles. The molecule has 1 aliphatic carbocycles. The zero-order valence-electron chi connectivity index (χ0n) is 12.3. The minimum atomic E-state index is -0.902. The number of aliphatic carboxylic acids is 1. The first-order valence-electron chi connectivity index (χ1n) is 6.67. The van der Waals surface area contributed by atoms with Crippen LogP contribution in [0.15, 0.2) is 18.2 Å². The number of carboxylic acids is 1. The maximum atomic E-state index is 12.2. The van der Waals surface area contributed by atoms with Gasteiger partial charge in [-0.2, -0.15) is 0 Å². The SMILES string of the molecule is COc1cccc(CN(C)C(=O)C2CC2C(=O)O)c1OC. The molecular weight excluding hydrogens is 274 g/mol. The van der Waals surface area contributed by atoms with Crippen molar-refractivity contribution in [1.82, 2.24) is 4.90 Å². The number of nitrogens with zero attached hydrogens (tertiary/aromatic N) is 1. The number of carbonyl (C=O) groups is 2. The van der Waals surface area contributed by atoms with Crippen LogP contribution in [0.5, 0.6) is 11.5 Å². The summed E-state index contributed by atoms with van der Waals surface area (Å²) in [5.74, 6) is -0.792. The molecule has 1 fully saturated rings. The third-order valence-electron chi connectivity index (χ3n) is 3.69. The van der Waals surface area contributed by atoms with Crippen LogP contribution in [0.25, 0.3) is 0 Å². The van der Waals surface area contributed by atoms with Crippen molar-refractivity contribution in [3.8, 4) is 11.5 Å². The van der Waals surface area contributed by atoms with Crippen molar-refractivity contribution < 1.29 is 24.2 Å². The quantitative estimate of drug-likeness (QED) is 0.857. The lowest BCUT2D eigenvalue weighted by Gasteiger charge is -2.20. The second-order valence-corrected chi connectivity index (χ2v) is 5.13. The van der Waals surface area contributed by atoms with E-state index in [0.29, 0.717) is 24.5 Å². The standard InChI is InChI=1S/C15H19NO5/c1-16(14(17)10-7-11(10)15(18)19)8-9-5-4-6-12(20-2)13(9)21-3/h4-6,10-11H,7-8H2,1-3H3,(H,18,19). The molecule has 0 aromatic heterocycles. The summed E-state index contributed by atoms with van der Waals surface area (Å²) < 4.78 is 10.5. The fourth-order valence-electron chi connectivity index (χ4n) is 2.44. The Morgan fingerprint density at radius 2 is 2.00 bits per heavy atom. The monoisotopic (exact) mass is 293 g/mol. The van der Waals surface area contributed by atoms with E-state index >= 15 is 0 Å². The van der Waals surface area contributed by atoms with Gasteiger partial charge < -0.3 is 19.5 Å².